The zero-order valence-electron chi connectivity index (χ0n) is 8.70. The highest BCUT2D eigenvalue weighted by Gasteiger charge is 2.14. The molecule has 1 heterocycles. The molecule has 0 spiro atoms. The Bertz CT molecular complexity index is 606. The molecule has 2 aromatic rings. The number of aryl methyl sites for hydroxylation is 1. The molecule has 2 rings (SSSR count). The molecule has 0 saturated carbocycles. The fourth-order valence-electron chi connectivity index (χ4n) is 1.16. The fourth-order valence-corrected chi connectivity index (χ4v) is 2.07. The standard InChI is InChI=1S/C11H6ClFN2OS/c1-6-2-3-7(4-9(6)13)16-11-8(5-14)10(12)15-17-11/h2-4H,1H3. The van der Waals surface area contributed by atoms with Crippen LogP contribution in [-0.2, 0) is 0 Å². The molecular formula is C11H6ClFN2OS. The van der Waals surface area contributed by atoms with Crippen LogP contribution in [0.3, 0.4) is 0 Å². The summed E-state index contributed by atoms with van der Waals surface area (Å²) in [5, 5.41) is 9.20. The average Bonchev–Trinajstić information content (AvgIpc) is 2.64. The van der Waals surface area contributed by atoms with Gasteiger partial charge >= 0.3 is 0 Å². The second-order valence-electron chi connectivity index (χ2n) is 3.26. The van der Waals surface area contributed by atoms with Crippen molar-refractivity contribution in [3.8, 4) is 16.9 Å². The van der Waals surface area contributed by atoms with Crippen LogP contribution < -0.4 is 4.74 Å². The fraction of sp³-hybridized carbons (Fsp3) is 0.0909. The molecule has 3 nitrogen and oxygen atoms in total. The molecule has 0 radical (unpaired) electrons. The van der Waals surface area contributed by atoms with Crippen molar-refractivity contribution in [1.82, 2.24) is 4.37 Å². The van der Waals surface area contributed by atoms with Crippen LogP contribution in [0.15, 0.2) is 18.2 Å². The molecular weight excluding hydrogens is 263 g/mol. The third-order valence-electron chi connectivity index (χ3n) is 2.08. The molecule has 0 aliphatic rings. The van der Waals surface area contributed by atoms with Crippen molar-refractivity contribution in [3.05, 3.63) is 40.3 Å². The van der Waals surface area contributed by atoms with E-state index < -0.39 is 0 Å². The quantitative estimate of drug-likeness (QED) is 0.830. The van der Waals surface area contributed by atoms with Crippen molar-refractivity contribution < 1.29 is 9.13 Å². The van der Waals surface area contributed by atoms with Gasteiger partial charge in [0.15, 0.2) is 5.15 Å². The number of nitrogens with zero attached hydrogens (tertiary/aromatic N) is 2. The smallest absolute Gasteiger partial charge is 0.219 e. The Morgan fingerprint density at radius 1 is 1.53 bits per heavy atom. The van der Waals surface area contributed by atoms with E-state index >= 15 is 0 Å². The van der Waals surface area contributed by atoms with E-state index in [0.29, 0.717) is 11.3 Å². The zero-order chi connectivity index (χ0) is 12.4. The lowest BCUT2D eigenvalue weighted by atomic mass is 10.2. The van der Waals surface area contributed by atoms with Gasteiger partial charge < -0.3 is 4.74 Å². The van der Waals surface area contributed by atoms with Gasteiger partial charge in [-0.25, -0.2) is 4.39 Å². The van der Waals surface area contributed by atoms with Gasteiger partial charge in [0.2, 0.25) is 5.06 Å². The SMILES string of the molecule is Cc1ccc(Oc2snc(Cl)c2C#N)cc1F. The number of hydrogen-bond donors (Lipinski definition) is 0. The van der Waals surface area contributed by atoms with E-state index in [-0.39, 0.29) is 21.6 Å². The summed E-state index contributed by atoms with van der Waals surface area (Å²) < 4.78 is 22.4. The van der Waals surface area contributed by atoms with Crippen LogP contribution >= 0.6 is 23.1 Å². The molecule has 0 bridgehead atoms. The summed E-state index contributed by atoms with van der Waals surface area (Å²) in [5.74, 6) is -0.0541. The lowest BCUT2D eigenvalue weighted by molar-refractivity contribution is 0.487. The third kappa shape index (κ3) is 2.38. The maximum Gasteiger partial charge on any atom is 0.219 e. The van der Waals surface area contributed by atoms with Crippen LogP contribution in [0, 0.1) is 24.1 Å². The van der Waals surface area contributed by atoms with Crippen molar-refractivity contribution in [3.63, 3.8) is 0 Å². The predicted octanol–water partition coefficient (Wildman–Crippen LogP) is 3.91. The molecule has 0 atom stereocenters. The van der Waals surface area contributed by atoms with Gasteiger partial charge in [-0.2, -0.15) is 9.64 Å². The third-order valence-corrected chi connectivity index (χ3v) is 3.19. The van der Waals surface area contributed by atoms with Gasteiger partial charge in [0.1, 0.15) is 23.2 Å². The minimum absolute atomic E-state index is 0.0973. The molecule has 0 aliphatic carbocycles. The normalized spacial score (nSPS) is 10.0. The molecule has 0 amide bonds. The van der Waals surface area contributed by atoms with Crippen molar-refractivity contribution in [2.45, 2.75) is 6.92 Å². The van der Waals surface area contributed by atoms with E-state index in [4.69, 9.17) is 21.6 Å². The first-order valence-electron chi connectivity index (χ1n) is 4.61. The van der Waals surface area contributed by atoms with E-state index in [2.05, 4.69) is 4.37 Å². The predicted molar refractivity (Wildman–Crippen MR) is 63.1 cm³/mol. The Hall–Kier alpha value is -1.64. The molecule has 0 N–H and O–H groups in total. The van der Waals surface area contributed by atoms with Gasteiger partial charge in [-0.1, -0.05) is 17.7 Å². The molecule has 6 heteroatoms. The first-order valence-corrected chi connectivity index (χ1v) is 5.76. The number of halogens is 2. The van der Waals surface area contributed by atoms with Crippen molar-refractivity contribution in [2.75, 3.05) is 0 Å². The maximum absolute atomic E-state index is 13.3. The van der Waals surface area contributed by atoms with E-state index in [1.54, 1.807) is 19.1 Å². The largest absolute Gasteiger partial charge is 0.444 e. The number of rotatable bonds is 2. The molecule has 17 heavy (non-hydrogen) atoms. The number of hydrogen-bond acceptors (Lipinski definition) is 4. The minimum Gasteiger partial charge on any atom is -0.444 e. The first-order chi connectivity index (χ1) is 8.11. The van der Waals surface area contributed by atoms with Gasteiger partial charge in [-0.05, 0) is 18.6 Å². The second-order valence-corrected chi connectivity index (χ2v) is 4.35. The molecule has 86 valence electrons. The summed E-state index contributed by atoms with van der Waals surface area (Å²) in [4.78, 5) is 0. The van der Waals surface area contributed by atoms with Gasteiger partial charge in [-0.15, -0.1) is 0 Å². The highest BCUT2D eigenvalue weighted by molar-refractivity contribution is 7.08. The Balaban J connectivity index is 2.32. The minimum atomic E-state index is -0.364. The highest BCUT2D eigenvalue weighted by Crippen LogP contribution is 2.34. The van der Waals surface area contributed by atoms with Crippen LogP contribution in [0.4, 0.5) is 4.39 Å². The molecule has 1 aromatic heterocycles. The van der Waals surface area contributed by atoms with E-state index in [1.807, 2.05) is 6.07 Å². The van der Waals surface area contributed by atoms with Crippen LogP contribution in [0.5, 0.6) is 10.8 Å². The molecule has 1 aromatic carbocycles. The topological polar surface area (TPSA) is 45.9 Å². The average molecular weight is 269 g/mol. The van der Waals surface area contributed by atoms with Gasteiger partial charge in [-0.3, -0.25) is 0 Å². The molecule has 0 unspecified atom stereocenters. The summed E-state index contributed by atoms with van der Waals surface area (Å²) in [5.41, 5.74) is 0.692. The van der Waals surface area contributed by atoms with E-state index in [1.165, 1.54) is 6.07 Å². The Labute approximate surface area is 106 Å². The summed E-state index contributed by atoms with van der Waals surface area (Å²) >= 11 is 6.65. The Kier molecular flexibility index (Phi) is 3.27. The summed E-state index contributed by atoms with van der Waals surface area (Å²) in [7, 11) is 0. The van der Waals surface area contributed by atoms with Gasteiger partial charge in [0, 0.05) is 17.6 Å². The maximum atomic E-state index is 13.3. The first kappa shape index (κ1) is 11.8. The lowest BCUT2D eigenvalue weighted by Gasteiger charge is -2.03. The van der Waals surface area contributed by atoms with Gasteiger partial charge in [0.05, 0.1) is 0 Å². The van der Waals surface area contributed by atoms with Crippen LogP contribution in [0.2, 0.25) is 5.15 Å². The summed E-state index contributed by atoms with van der Waals surface area (Å²) in [6.07, 6.45) is 0. The van der Waals surface area contributed by atoms with E-state index in [9.17, 15) is 4.39 Å². The van der Waals surface area contributed by atoms with Crippen LogP contribution in [0.25, 0.3) is 0 Å². The number of nitriles is 1. The van der Waals surface area contributed by atoms with Crippen molar-refractivity contribution in [1.29, 1.82) is 5.26 Å². The Morgan fingerprint density at radius 3 is 2.94 bits per heavy atom. The summed E-state index contributed by atoms with van der Waals surface area (Å²) in [6.45, 7) is 1.66. The second kappa shape index (κ2) is 4.70. The molecule has 0 fully saturated rings. The number of ether oxygens (including phenoxy) is 1. The molecule has 0 saturated heterocycles. The summed E-state index contributed by atoms with van der Waals surface area (Å²) in [6, 6.07) is 6.36. The number of benzene rings is 1. The lowest BCUT2D eigenvalue weighted by Crippen LogP contribution is -1.87. The van der Waals surface area contributed by atoms with Crippen LogP contribution in [-0.4, -0.2) is 4.37 Å². The number of aromatic nitrogens is 1. The van der Waals surface area contributed by atoms with E-state index in [0.717, 1.165) is 11.5 Å². The van der Waals surface area contributed by atoms with Gasteiger partial charge in [0.25, 0.3) is 0 Å². The van der Waals surface area contributed by atoms with Crippen molar-refractivity contribution in [2.24, 2.45) is 0 Å². The zero-order valence-corrected chi connectivity index (χ0v) is 10.3. The Morgan fingerprint density at radius 2 is 2.29 bits per heavy atom. The molecule has 0 aliphatic heterocycles. The highest BCUT2D eigenvalue weighted by atomic mass is 35.5. The van der Waals surface area contributed by atoms with Crippen LogP contribution in [0.1, 0.15) is 11.1 Å². The monoisotopic (exact) mass is 268 g/mol. The van der Waals surface area contributed by atoms with Crippen molar-refractivity contribution >= 4 is 23.1 Å².